The van der Waals surface area contributed by atoms with Crippen LogP contribution in [0.2, 0.25) is 0 Å². The Morgan fingerprint density at radius 3 is 2.63 bits per heavy atom. The van der Waals surface area contributed by atoms with Crippen molar-refractivity contribution in [3.05, 3.63) is 0 Å². The summed E-state index contributed by atoms with van der Waals surface area (Å²) in [6.45, 7) is 2.75. The summed E-state index contributed by atoms with van der Waals surface area (Å²) in [5.41, 5.74) is 0. The molecule has 2 aliphatic carbocycles. The monoisotopic (exact) mass is 268 g/mol. The second-order valence-corrected chi connectivity index (χ2v) is 6.52. The topological polar surface area (TPSA) is 52.6 Å². The molecule has 3 atom stereocenters. The van der Waals surface area contributed by atoms with Gasteiger partial charge in [0.05, 0.1) is 6.10 Å². The van der Waals surface area contributed by atoms with E-state index in [1.807, 2.05) is 7.05 Å². The Hall–Kier alpha value is -0.770. The molecule has 4 heteroatoms. The predicted octanol–water partition coefficient (Wildman–Crippen LogP) is 2.37. The largest absolute Gasteiger partial charge is 0.393 e. The highest BCUT2D eigenvalue weighted by Crippen LogP contribution is 2.33. The molecule has 0 bridgehead atoms. The lowest BCUT2D eigenvalue weighted by Gasteiger charge is -2.31. The zero-order chi connectivity index (χ0) is 13.8. The third kappa shape index (κ3) is 4.68. The van der Waals surface area contributed by atoms with E-state index in [0.717, 1.165) is 31.6 Å². The standard InChI is InChI=1S/C15H28N2O2/c1-11(9-12-7-8-12)16-15(19)17(2)10-13-5-3-4-6-14(13)18/h11-14,18H,3-10H2,1-2H3,(H,16,19). The van der Waals surface area contributed by atoms with Crippen molar-refractivity contribution in [2.24, 2.45) is 11.8 Å². The number of amides is 2. The van der Waals surface area contributed by atoms with Crippen LogP contribution in [0, 0.1) is 11.8 Å². The molecule has 2 N–H and O–H groups in total. The van der Waals surface area contributed by atoms with Crippen molar-refractivity contribution in [3.63, 3.8) is 0 Å². The van der Waals surface area contributed by atoms with Crippen molar-refractivity contribution in [2.75, 3.05) is 13.6 Å². The molecular weight excluding hydrogens is 240 g/mol. The number of carbonyl (C=O) groups is 1. The van der Waals surface area contributed by atoms with E-state index in [0.29, 0.717) is 6.54 Å². The molecule has 19 heavy (non-hydrogen) atoms. The van der Waals surface area contributed by atoms with E-state index in [4.69, 9.17) is 0 Å². The van der Waals surface area contributed by atoms with E-state index in [9.17, 15) is 9.90 Å². The normalized spacial score (nSPS) is 28.8. The van der Waals surface area contributed by atoms with Gasteiger partial charge in [-0.15, -0.1) is 0 Å². The number of urea groups is 1. The lowest BCUT2D eigenvalue weighted by atomic mass is 9.86. The van der Waals surface area contributed by atoms with Crippen LogP contribution in [0.4, 0.5) is 4.79 Å². The quantitative estimate of drug-likeness (QED) is 0.804. The molecule has 3 unspecified atom stereocenters. The van der Waals surface area contributed by atoms with Gasteiger partial charge in [0.1, 0.15) is 0 Å². The summed E-state index contributed by atoms with van der Waals surface area (Å²) in [4.78, 5) is 13.8. The summed E-state index contributed by atoms with van der Waals surface area (Å²) in [7, 11) is 1.83. The molecule has 0 saturated heterocycles. The van der Waals surface area contributed by atoms with Gasteiger partial charge >= 0.3 is 6.03 Å². The van der Waals surface area contributed by atoms with Crippen LogP contribution < -0.4 is 5.32 Å². The number of aliphatic hydroxyl groups is 1. The number of carbonyl (C=O) groups excluding carboxylic acids is 1. The third-order valence-corrected chi connectivity index (χ3v) is 4.48. The lowest BCUT2D eigenvalue weighted by Crippen LogP contribution is -2.45. The van der Waals surface area contributed by atoms with Crippen LogP contribution in [0.3, 0.4) is 0 Å². The summed E-state index contributed by atoms with van der Waals surface area (Å²) in [6, 6.07) is 0.268. The second kappa shape index (κ2) is 6.60. The summed E-state index contributed by atoms with van der Waals surface area (Å²) >= 11 is 0. The first-order valence-electron chi connectivity index (χ1n) is 7.76. The molecule has 2 amide bonds. The SMILES string of the molecule is CC(CC1CC1)NC(=O)N(C)CC1CCCCC1O. The fourth-order valence-corrected chi connectivity index (χ4v) is 3.07. The minimum absolute atomic E-state index is 0.00548. The average molecular weight is 268 g/mol. The molecule has 0 heterocycles. The minimum Gasteiger partial charge on any atom is -0.393 e. The number of aliphatic hydroxyl groups excluding tert-OH is 1. The van der Waals surface area contributed by atoms with Crippen molar-refractivity contribution < 1.29 is 9.90 Å². The van der Waals surface area contributed by atoms with Gasteiger partial charge in [0.25, 0.3) is 0 Å². The number of nitrogens with zero attached hydrogens (tertiary/aromatic N) is 1. The number of nitrogens with one attached hydrogen (secondary N) is 1. The number of rotatable bonds is 5. The number of hydrogen-bond donors (Lipinski definition) is 2. The van der Waals surface area contributed by atoms with Crippen LogP contribution in [0.15, 0.2) is 0 Å². The highest BCUT2D eigenvalue weighted by atomic mass is 16.3. The Kier molecular flexibility index (Phi) is 5.08. The third-order valence-electron chi connectivity index (χ3n) is 4.48. The van der Waals surface area contributed by atoms with Crippen LogP contribution in [0.25, 0.3) is 0 Å². The molecule has 2 fully saturated rings. The Balaban J connectivity index is 1.71. The first-order valence-corrected chi connectivity index (χ1v) is 7.76. The van der Waals surface area contributed by atoms with Crippen LogP contribution in [-0.2, 0) is 0 Å². The maximum absolute atomic E-state index is 12.1. The molecule has 0 aromatic rings. The Bertz CT molecular complexity index is 305. The van der Waals surface area contributed by atoms with E-state index in [-0.39, 0.29) is 24.1 Å². The lowest BCUT2D eigenvalue weighted by molar-refractivity contribution is 0.0563. The van der Waals surface area contributed by atoms with Crippen LogP contribution >= 0.6 is 0 Å². The van der Waals surface area contributed by atoms with E-state index >= 15 is 0 Å². The van der Waals surface area contributed by atoms with Gasteiger partial charge in [0.2, 0.25) is 0 Å². The molecule has 2 saturated carbocycles. The molecule has 110 valence electrons. The van der Waals surface area contributed by atoms with E-state index in [1.165, 1.54) is 19.3 Å². The number of hydrogen-bond acceptors (Lipinski definition) is 2. The van der Waals surface area contributed by atoms with Gasteiger partial charge in [-0.05, 0) is 32.1 Å². The predicted molar refractivity (Wildman–Crippen MR) is 75.9 cm³/mol. The summed E-state index contributed by atoms with van der Waals surface area (Å²) in [6.07, 6.45) is 7.74. The molecule has 0 aliphatic heterocycles. The maximum Gasteiger partial charge on any atom is 0.317 e. The fraction of sp³-hybridized carbons (Fsp3) is 0.933. The Labute approximate surface area is 116 Å². The van der Waals surface area contributed by atoms with Crippen molar-refractivity contribution in [3.8, 4) is 0 Å². The van der Waals surface area contributed by atoms with Gasteiger partial charge < -0.3 is 15.3 Å². The van der Waals surface area contributed by atoms with Gasteiger partial charge in [0, 0.05) is 25.6 Å². The van der Waals surface area contributed by atoms with Gasteiger partial charge in [-0.2, -0.15) is 0 Å². The van der Waals surface area contributed by atoms with Crippen LogP contribution in [-0.4, -0.2) is 41.8 Å². The van der Waals surface area contributed by atoms with Gasteiger partial charge in [0.15, 0.2) is 0 Å². The second-order valence-electron chi connectivity index (χ2n) is 6.52. The summed E-state index contributed by atoms with van der Waals surface area (Å²) < 4.78 is 0. The zero-order valence-electron chi connectivity index (χ0n) is 12.3. The van der Waals surface area contributed by atoms with E-state index in [2.05, 4.69) is 12.2 Å². The molecule has 2 rings (SSSR count). The molecule has 0 aromatic heterocycles. The van der Waals surface area contributed by atoms with Crippen molar-refractivity contribution in [1.82, 2.24) is 10.2 Å². The van der Waals surface area contributed by atoms with Gasteiger partial charge in [-0.1, -0.05) is 25.7 Å². The Morgan fingerprint density at radius 2 is 2.00 bits per heavy atom. The highest BCUT2D eigenvalue weighted by molar-refractivity contribution is 5.74. The van der Waals surface area contributed by atoms with Gasteiger partial charge in [-0.3, -0.25) is 0 Å². The molecule has 0 radical (unpaired) electrons. The van der Waals surface area contributed by atoms with E-state index < -0.39 is 0 Å². The Morgan fingerprint density at radius 1 is 1.32 bits per heavy atom. The maximum atomic E-state index is 12.1. The molecule has 2 aliphatic rings. The molecule has 0 spiro atoms. The smallest absolute Gasteiger partial charge is 0.317 e. The van der Waals surface area contributed by atoms with Crippen LogP contribution in [0.1, 0.15) is 51.9 Å². The first kappa shape index (κ1) is 14.6. The fourth-order valence-electron chi connectivity index (χ4n) is 3.07. The summed E-state index contributed by atoms with van der Waals surface area (Å²) in [5, 5.41) is 13.0. The zero-order valence-corrected chi connectivity index (χ0v) is 12.3. The van der Waals surface area contributed by atoms with Crippen molar-refractivity contribution in [1.29, 1.82) is 0 Å². The van der Waals surface area contributed by atoms with Gasteiger partial charge in [-0.25, -0.2) is 4.79 Å². The minimum atomic E-state index is -0.229. The molecule has 4 nitrogen and oxygen atoms in total. The molecular formula is C15H28N2O2. The van der Waals surface area contributed by atoms with Crippen molar-refractivity contribution in [2.45, 2.75) is 64.0 Å². The highest BCUT2D eigenvalue weighted by Gasteiger charge is 2.27. The molecule has 0 aromatic carbocycles. The van der Waals surface area contributed by atoms with E-state index in [1.54, 1.807) is 4.90 Å². The summed E-state index contributed by atoms with van der Waals surface area (Å²) in [5.74, 6) is 1.09. The average Bonchev–Trinajstić information content (AvgIpc) is 3.15. The van der Waals surface area contributed by atoms with Crippen molar-refractivity contribution >= 4 is 6.03 Å². The first-order chi connectivity index (χ1) is 9.06. The van der Waals surface area contributed by atoms with Crippen LogP contribution in [0.5, 0.6) is 0 Å².